The van der Waals surface area contributed by atoms with Crippen molar-refractivity contribution in [3.05, 3.63) is 33.6 Å². The molecule has 1 aromatic heterocycles. The maximum Gasteiger partial charge on any atom is 0.277 e. The summed E-state index contributed by atoms with van der Waals surface area (Å²) in [6, 6.07) is 5.03. The van der Waals surface area contributed by atoms with Crippen LogP contribution in [-0.2, 0) is 6.54 Å². The first kappa shape index (κ1) is 12.0. The molecule has 2 aromatic rings. The van der Waals surface area contributed by atoms with Crippen LogP contribution < -0.4 is 5.56 Å². The summed E-state index contributed by atoms with van der Waals surface area (Å²) in [5.41, 5.74) is 0.405. The summed E-state index contributed by atoms with van der Waals surface area (Å²) in [5, 5.41) is 9.00. The largest absolute Gasteiger partial charge is 0.277 e. The molecule has 0 N–H and O–H groups in total. The summed E-state index contributed by atoms with van der Waals surface area (Å²) < 4.78 is 1.39. The van der Waals surface area contributed by atoms with E-state index >= 15 is 0 Å². The Bertz CT molecular complexity index is 613. The molecule has 0 fully saturated rings. The van der Waals surface area contributed by atoms with Crippen LogP contribution in [0.3, 0.4) is 0 Å². The van der Waals surface area contributed by atoms with Gasteiger partial charge in [-0.15, -0.1) is 5.10 Å². The fourth-order valence-corrected chi connectivity index (χ4v) is 1.77. The molecule has 0 aliphatic rings. The van der Waals surface area contributed by atoms with Crippen molar-refractivity contribution < 1.29 is 0 Å². The van der Waals surface area contributed by atoms with Crippen molar-refractivity contribution in [2.45, 2.75) is 27.3 Å². The molecule has 2 rings (SSSR count). The average Bonchev–Trinajstić information content (AvgIpc) is 2.21. The quantitative estimate of drug-likeness (QED) is 0.782. The van der Waals surface area contributed by atoms with Crippen LogP contribution in [0.25, 0.3) is 10.9 Å². The Balaban J connectivity index is 2.61. The summed E-state index contributed by atoms with van der Waals surface area (Å²) in [6.45, 7) is 6.66. The Hall–Kier alpha value is -1.42. The normalized spacial score (nSPS) is 12.0. The summed E-state index contributed by atoms with van der Waals surface area (Å²) in [7, 11) is 0. The molecule has 0 atom stereocenters. The maximum atomic E-state index is 12.2. The van der Waals surface area contributed by atoms with Crippen molar-refractivity contribution >= 4 is 22.5 Å². The summed E-state index contributed by atoms with van der Waals surface area (Å²) in [6.07, 6.45) is 0. The number of aromatic nitrogens is 3. The lowest BCUT2D eigenvalue weighted by molar-refractivity contribution is 0.311. The van der Waals surface area contributed by atoms with Crippen LogP contribution in [-0.4, -0.2) is 15.0 Å². The standard InChI is InChI=1S/C12H14ClN3O/c1-12(2,3)7-16-11(17)9-6-8(13)4-5-10(9)14-15-16/h4-6H,7H2,1-3H3. The highest BCUT2D eigenvalue weighted by atomic mass is 35.5. The van der Waals surface area contributed by atoms with Gasteiger partial charge in [-0.1, -0.05) is 37.6 Å². The van der Waals surface area contributed by atoms with Gasteiger partial charge in [0.25, 0.3) is 5.56 Å². The molecule has 0 unspecified atom stereocenters. The highest BCUT2D eigenvalue weighted by Crippen LogP contribution is 2.16. The van der Waals surface area contributed by atoms with Gasteiger partial charge >= 0.3 is 0 Å². The molecular formula is C12H14ClN3O. The average molecular weight is 252 g/mol. The molecule has 0 saturated heterocycles. The van der Waals surface area contributed by atoms with Crippen LogP contribution in [0.5, 0.6) is 0 Å². The van der Waals surface area contributed by atoms with E-state index in [0.29, 0.717) is 22.5 Å². The molecule has 17 heavy (non-hydrogen) atoms. The number of rotatable bonds is 1. The second-order valence-corrected chi connectivity index (χ2v) is 5.71. The Morgan fingerprint density at radius 2 is 2.06 bits per heavy atom. The van der Waals surface area contributed by atoms with Gasteiger partial charge in [-0.05, 0) is 23.6 Å². The zero-order valence-corrected chi connectivity index (χ0v) is 10.8. The van der Waals surface area contributed by atoms with Gasteiger partial charge in [-0.3, -0.25) is 4.79 Å². The van der Waals surface area contributed by atoms with Gasteiger partial charge < -0.3 is 0 Å². The number of hydrogen-bond acceptors (Lipinski definition) is 3. The Kier molecular flexibility index (Phi) is 2.91. The second-order valence-electron chi connectivity index (χ2n) is 5.27. The molecule has 4 nitrogen and oxygen atoms in total. The van der Waals surface area contributed by atoms with Crippen LogP contribution in [0.1, 0.15) is 20.8 Å². The monoisotopic (exact) mass is 251 g/mol. The van der Waals surface area contributed by atoms with Gasteiger partial charge in [-0.2, -0.15) is 0 Å². The molecule has 90 valence electrons. The second kappa shape index (κ2) is 4.11. The third-order valence-electron chi connectivity index (χ3n) is 2.31. The first-order valence-corrected chi connectivity index (χ1v) is 5.78. The van der Waals surface area contributed by atoms with Gasteiger partial charge in [0.05, 0.1) is 11.9 Å². The van der Waals surface area contributed by atoms with Gasteiger partial charge in [0.2, 0.25) is 0 Å². The van der Waals surface area contributed by atoms with E-state index in [4.69, 9.17) is 11.6 Å². The minimum Gasteiger partial charge on any atom is -0.267 e. The van der Waals surface area contributed by atoms with E-state index in [2.05, 4.69) is 10.3 Å². The van der Waals surface area contributed by atoms with Crippen molar-refractivity contribution in [3.63, 3.8) is 0 Å². The highest BCUT2D eigenvalue weighted by molar-refractivity contribution is 6.31. The summed E-state index contributed by atoms with van der Waals surface area (Å²) in [4.78, 5) is 12.2. The van der Waals surface area contributed by atoms with Crippen LogP contribution in [0, 0.1) is 5.41 Å². The van der Waals surface area contributed by atoms with Crippen molar-refractivity contribution in [2.24, 2.45) is 5.41 Å². The Labute approximate surface area is 104 Å². The fourth-order valence-electron chi connectivity index (χ4n) is 1.60. The van der Waals surface area contributed by atoms with Crippen LogP contribution in [0.2, 0.25) is 5.02 Å². The highest BCUT2D eigenvalue weighted by Gasteiger charge is 2.14. The molecule has 0 amide bonds. The SMILES string of the molecule is CC(C)(C)Cn1nnc2ccc(Cl)cc2c1=O. The maximum absolute atomic E-state index is 12.2. The molecule has 5 heteroatoms. The number of nitrogens with zero attached hydrogens (tertiary/aromatic N) is 3. The Morgan fingerprint density at radius 1 is 1.35 bits per heavy atom. The van der Waals surface area contributed by atoms with Gasteiger partial charge in [0, 0.05) is 5.02 Å². The van der Waals surface area contributed by atoms with Gasteiger partial charge in [-0.25, -0.2) is 4.68 Å². The molecule has 0 aliphatic heterocycles. The van der Waals surface area contributed by atoms with E-state index in [1.807, 2.05) is 20.8 Å². The number of halogens is 1. The minimum atomic E-state index is -0.146. The molecule has 0 spiro atoms. The number of hydrogen-bond donors (Lipinski definition) is 0. The Morgan fingerprint density at radius 3 is 2.71 bits per heavy atom. The van der Waals surface area contributed by atoms with Crippen LogP contribution >= 0.6 is 11.6 Å². The van der Waals surface area contributed by atoms with Crippen molar-refractivity contribution in [1.82, 2.24) is 15.0 Å². The molecule has 1 heterocycles. The van der Waals surface area contributed by atoms with Crippen LogP contribution in [0.15, 0.2) is 23.0 Å². The van der Waals surface area contributed by atoms with Crippen molar-refractivity contribution in [2.75, 3.05) is 0 Å². The zero-order chi connectivity index (χ0) is 12.6. The molecule has 0 saturated carbocycles. The molecule has 0 aliphatic carbocycles. The smallest absolute Gasteiger partial charge is 0.267 e. The topological polar surface area (TPSA) is 47.8 Å². The lowest BCUT2D eigenvalue weighted by Gasteiger charge is -2.18. The van der Waals surface area contributed by atoms with E-state index in [1.165, 1.54) is 4.68 Å². The third kappa shape index (κ3) is 2.64. The molecule has 0 bridgehead atoms. The molecule has 1 aromatic carbocycles. The first-order valence-electron chi connectivity index (χ1n) is 5.40. The van der Waals surface area contributed by atoms with Crippen molar-refractivity contribution in [1.29, 1.82) is 0 Å². The van der Waals surface area contributed by atoms with Crippen molar-refractivity contribution in [3.8, 4) is 0 Å². The lowest BCUT2D eigenvalue weighted by atomic mass is 9.97. The predicted molar refractivity (Wildman–Crippen MR) is 68.3 cm³/mol. The van der Waals surface area contributed by atoms with E-state index < -0.39 is 0 Å². The minimum absolute atomic E-state index is 0.0231. The zero-order valence-electron chi connectivity index (χ0n) is 10.1. The van der Waals surface area contributed by atoms with Gasteiger partial charge in [0.1, 0.15) is 5.52 Å². The van der Waals surface area contributed by atoms with E-state index in [1.54, 1.807) is 18.2 Å². The number of fused-ring (bicyclic) bond motifs is 1. The third-order valence-corrected chi connectivity index (χ3v) is 2.54. The van der Waals surface area contributed by atoms with E-state index in [9.17, 15) is 4.79 Å². The molecule has 0 radical (unpaired) electrons. The summed E-state index contributed by atoms with van der Waals surface area (Å²) in [5.74, 6) is 0. The first-order chi connectivity index (χ1) is 7.87. The summed E-state index contributed by atoms with van der Waals surface area (Å²) >= 11 is 5.88. The van der Waals surface area contributed by atoms with Gasteiger partial charge in [0.15, 0.2) is 0 Å². The predicted octanol–water partition coefficient (Wildman–Crippen LogP) is 2.49. The molecular weight excluding hydrogens is 238 g/mol. The van der Waals surface area contributed by atoms with E-state index in [-0.39, 0.29) is 11.0 Å². The number of benzene rings is 1. The van der Waals surface area contributed by atoms with Crippen LogP contribution in [0.4, 0.5) is 0 Å². The van der Waals surface area contributed by atoms with E-state index in [0.717, 1.165) is 0 Å². The lowest BCUT2D eigenvalue weighted by Crippen LogP contribution is -2.29. The fraction of sp³-hybridized carbons (Fsp3) is 0.417.